The van der Waals surface area contributed by atoms with E-state index in [-0.39, 0.29) is 10.8 Å². The van der Waals surface area contributed by atoms with Gasteiger partial charge in [-0.2, -0.15) is 0 Å². The summed E-state index contributed by atoms with van der Waals surface area (Å²) in [7, 11) is 0. The summed E-state index contributed by atoms with van der Waals surface area (Å²) in [4.78, 5) is 0. The Morgan fingerprint density at radius 1 is 1.00 bits per heavy atom. The van der Waals surface area contributed by atoms with Gasteiger partial charge in [0.25, 0.3) is 0 Å². The fraction of sp³-hybridized carbons (Fsp3) is 0.862. The van der Waals surface area contributed by atoms with Crippen LogP contribution in [-0.4, -0.2) is 33.1 Å². The van der Waals surface area contributed by atoms with Gasteiger partial charge in [0.2, 0.25) is 0 Å². The van der Waals surface area contributed by atoms with Crippen molar-refractivity contribution in [3.63, 3.8) is 0 Å². The van der Waals surface area contributed by atoms with Crippen LogP contribution in [0.4, 0.5) is 0 Å². The van der Waals surface area contributed by atoms with Crippen LogP contribution in [-0.2, 0) is 0 Å². The topological polar surface area (TPSA) is 60.7 Å². The molecule has 0 spiro atoms. The molecule has 4 rings (SSSR count). The molecule has 0 heterocycles. The fourth-order valence-corrected chi connectivity index (χ4v) is 8.73. The molecule has 5 unspecified atom stereocenters. The van der Waals surface area contributed by atoms with Crippen molar-refractivity contribution in [3.05, 3.63) is 23.8 Å². The number of fused-ring (bicyclic) bond motifs is 5. The van der Waals surface area contributed by atoms with E-state index in [1.807, 2.05) is 6.08 Å². The number of rotatable bonds is 5. The lowest BCUT2D eigenvalue weighted by atomic mass is 9.45. The van der Waals surface area contributed by atoms with Gasteiger partial charge in [0.1, 0.15) is 11.7 Å². The summed E-state index contributed by atoms with van der Waals surface area (Å²) < 4.78 is 0. The number of aliphatic hydroxyl groups is 3. The lowest BCUT2D eigenvalue weighted by Crippen LogP contribution is -2.65. The molecule has 0 aromatic carbocycles. The maximum Gasteiger partial charge on any atom is 0.102 e. The highest BCUT2D eigenvalue weighted by molar-refractivity contribution is 5.33. The van der Waals surface area contributed by atoms with Gasteiger partial charge < -0.3 is 15.3 Å². The molecule has 0 bridgehead atoms. The van der Waals surface area contributed by atoms with Crippen molar-refractivity contribution in [2.45, 2.75) is 111 Å². The van der Waals surface area contributed by atoms with Crippen molar-refractivity contribution in [1.29, 1.82) is 0 Å². The second kappa shape index (κ2) is 8.54. The zero-order valence-electron chi connectivity index (χ0n) is 21.3. The van der Waals surface area contributed by atoms with E-state index < -0.39 is 17.8 Å². The van der Waals surface area contributed by atoms with E-state index in [0.29, 0.717) is 41.9 Å². The van der Waals surface area contributed by atoms with E-state index in [4.69, 9.17) is 0 Å². The summed E-state index contributed by atoms with van der Waals surface area (Å²) in [5.74, 6) is 3.44. The second-order valence-corrected chi connectivity index (χ2v) is 12.7. The van der Waals surface area contributed by atoms with Gasteiger partial charge in [0, 0.05) is 11.8 Å². The molecule has 0 aromatic heterocycles. The van der Waals surface area contributed by atoms with Gasteiger partial charge in [-0.3, -0.25) is 0 Å². The summed E-state index contributed by atoms with van der Waals surface area (Å²) in [5, 5.41) is 33.0. The first-order chi connectivity index (χ1) is 15.0. The molecule has 4 aliphatic carbocycles. The Hall–Kier alpha value is -0.640. The number of allylic oxidation sites excluding steroid dienone is 3. The Labute approximate surface area is 196 Å². The molecule has 3 heteroatoms. The minimum atomic E-state index is -1.20. The highest BCUT2D eigenvalue weighted by Gasteiger charge is 2.64. The third kappa shape index (κ3) is 3.57. The van der Waals surface area contributed by atoms with Crippen molar-refractivity contribution in [3.8, 4) is 0 Å². The van der Waals surface area contributed by atoms with Crippen LogP contribution < -0.4 is 0 Å². The van der Waals surface area contributed by atoms with E-state index in [9.17, 15) is 15.3 Å². The molecule has 10 atom stereocenters. The van der Waals surface area contributed by atoms with Gasteiger partial charge in [-0.05, 0) is 85.9 Å². The first-order valence-electron chi connectivity index (χ1n) is 13.5. The first kappa shape index (κ1) is 24.5. The smallest absolute Gasteiger partial charge is 0.102 e. The van der Waals surface area contributed by atoms with Crippen LogP contribution in [0.1, 0.15) is 92.9 Å². The van der Waals surface area contributed by atoms with Gasteiger partial charge in [0.15, 0.2) is 0 Å². The van der Waals surface area contributed by atoms with Crippen LogP contribution in [0.25, 0.3) is 0 Å². The molecule has 0 amide bonds. The van der Waals surface area contributed by atoms with Crippen LogP contribution in [0, 0.1) is 46.3 Å². The Morgan fingerprint density at radius 3 is 2.38 bits per heavy atom. The largest absolute Gasteiger partial charge is 0.393 e. The maximum absolute atomic E-state index is 11.6. The van der Waals surface area contributed by atoms with Crippen LogP contribution in [0.3, 0.4) is 0 Å². The highest BCUT2D eigenvalue weighted by atomic mass is 16.3. The molecule has 3 fully saturated rings. The molecule has 0 saturated heterocycles. The summed E-state index contributed by atoms with van der Waals surface area (Å²) >= 11 is 0. The summed E-state index contributed by atoms with van der Waals surface area (Å²) in [5.41, 5.74) is 0.159. The number of aliphatic hydroxyl groups excluding tert-OH is 2. The standard InChI is InChI=1S/C29H48O3/c1-7-20(18(2)3)9-8-19(4)23-10-11-24-22-16-26(31)29(32)17-21(30)12-15-28(29,6)25(22)13-14-27(23,24)5/h8-9,16,18-21,23-26,30-32H,7,10-15,17H2,1-6H3/b9-8+/t19?,20?,21-,23?,24?,25?,26+,27+,28+,29-/m0/s1. The molecule has 3 nitrogen and oxygen atoms in total. The van der Waals surface area contributed by atoms with Gasteiger partial charge >= 0.3 is 0 Å². The lowest BCUT2D eigenvalue weighted by molar-refractivity contribution is -0.210. The Morgan fingerprint density at radius 2 is 1.72 bits per heavy atom. The summed E-state index contributed by atoms with van der Waals surface area (Å²) in [6.45, 7) is 14.1. The van der Waals surface area contributed by atoms with Crippen molar-refractivity contribution in [2.75, 3.05) is 0 Å². The molecule has 3 N–H and O–H groups in total. The fourth-order valence-electron chi connectivity index (χ4n) is 8.73. The molecule has 0 radical (unpaired) electrons. The Kier molecular flexibility index (Phi) is 6.53. The van der Waals surface area contributed by atoms with Crippen LogP contribution >= 0.6 is 0 Å². The minimum absolute atomic E-state index is 0.269. The number of hydrogen-bond acceptors (Lipinski definition) is 3. The molecular weight excluding hydrogens is 396 g/mol. The van der Waals surface area contributed by atoms with Crippen LogP contribution in [0.15, 0.2) is 23.8 Å². The van der Waals surface area contributed by atoms with Gasteiger partial charge in [-0.15, -0.1) is 0 Å². The Bertz CT molecular complexity index is 756. The predicted octanol–water partition coefficient (Wildman–Crippen LogP) is 5.89. The lowest BCUT2D eigenvalue weighted by Gasteiger charge is -2.62. The van der Waals surface area contributed by atoms with Crippen LogP contribution in [0.5, 0.6) is 0 Å². The third-order valence-electron chi connectivity index (χ3n) is 11.0. The summed E-state index contributed by atoms with van der Waals surface area (Å²) in [6, 6.07) is 0. The monoisotopic (exact) mass is 444 g/mol. The molecule has 3 saturated carbocycles. The average molecular weight is 445 g/mol. The van der Waals surface area contributed by atoms with Gasteiger partial charge in [-0.25, -0.2) is 0 Å². The SMILES string of the molecule is CCC(/C=C/C(C)C1CCC2C3=C[C@@H](O)[C@@]4(O)C[C@@H](O)CC[C@]4(C)C3CC[C@@]21C)C(C)C. The van der Waals surface area contributed by atoms with Crippen molar-refractivity contribution in [2.24, 2.45) is 46.3 Å². The molecule has 0 aliphatic heterocycles. The zero-order chi connectivity index (χ0) is 23.5. The highest BCUT2D eigenvalue weighted by Crippen LogP contribution is 2.67. The zero-order valence-corrected chi connectivity index (χ0v) is 21.3. The quantitative estimate of drug-likeness (QED) is 0.464. The average Bonchev–Trinajstić information content (AvgIpc) is 3.08. The molecule has 4 aliphatic rings. The molecule has 182 valence electrons. The van der Waals surface area contributed by atoms with Crippen LogP contribution in [0.2, 0.25) is 0 Å². The predicted molar refractivity (Wildman–Crippen MR) is 131 cm³/mol. The van der Waals surface area contributed by atoms with E-state index in [1.54, 1.807) is 0 Å². The van der Waals surface area contributed by atoms with Gasteiger partial charge in [0.05, 0.1) is 6.10 Å². The van der Waals surface area contributed by atoms with Gasteiger partial charge in [-0.1, -0.05) is 65.3 Å². The van der Waals surface area contributed by atoms with Crippen molar-refractivity contribution < 1.29 is 15.3 Å². The van der Waals surface area contributed by atoms with E-state index in [2.05, 4.69) is 53.7 Å². The first-order valence-corrected chi connectivity index (χ1v) is 13.5. The second-order valence-electron chi connectivity index (χ2n) is 12.7. The van der Waals surface area contributed by atoms with E-state index in [1.165, 1.54) is 31.3 Å². The maximum atomic E-state index is 11.6. The van der Waals surface area contributed by atoms with Crippen molar-refractivity contribution >= 4 is 0 Å². The molecule has 32 heavy (non-hydrogen) atoms. The van der Waals surface area contributed by atoms with E-state index in [0.717, 1.165) is 19.3 Å². The Balaban J connectivity index is 1.60. The van der Waals surface area contributed by atoms with E-state index >= 15 is 0 Å². The van der Waals surface area contributed by atoms with Crippen molar-refractivity contribution in [1.82, 2.24) is 0 Å². The normalized spacial score (nSPS) is 48.2. The third-order valence-corrected chi connectivity index (χ3v) is 11.0. The molecule has 0 aromatic rings. The minimum Gasteiger partial charge on any atom is -0.393 e. The number of hydrogen-bond donors (Lipinski definition) is 3. The molecular formula is C29H48O3. The summed E-state index contributed by atoms with van der Waals surface area (Å²) in [6.07, 6.45) is 13.4.